The third-order valence-electron chi connectivity index (χ3n) is 7.03. The highest BCUT2D eigenvalue weighted by Gasteiger charge is 2.32. The average Bonchev–Trinajstić information content (AvgIpc) is 2.96. The van der Waals surface area contributed by atoms with Crippen LogP contribution in [0.15, 0.2) is 48.5 Å². The first kappa shape index (κ1) is 30.9. The van der Waals surface area contributed by atoms with E-state index in [0.29, 0.717) is 35.7 Å². The van der Waals surface area contributed by atoms with Crippen LogP contribution in [0.4, 0.5) is 16.2 Å². The van der Waals surface area contributed by atoms with Crippen molar-refractivity contribution in [3.63, 3.8) is 0 Å². The average molecular weight is 554 g/mol. The molecule has 1 heterocycles. The van der Waals surface area contributed by atoms with Gasteiger partial charge >= 0.3 is 6.03 Å². The van der Waals surface area contributed by atoms with Crippen LogP contribution in [0.2, 0.25) is 0 Å². The second-order valence-corrected chi connectivity index (χ2v) is 10.8. The fourth-order valence-electron chi connectivity index (χ4n) is 4.60. The third-order valence-corrected chi connectivity index (χ3v) is 7.03. The lowest BCUT2D eigenvalue weighted by atomic mass is 10.0. The van der Waals surface area contributed by atoms with Crippen molar-refractivity contribution in [2.45, 2.75) is 45.3 Å². The van der Waals surface area contributed by atoms with Crippen molar-refractivity contribution in [3.05, 3.63) is 54.1 Å². The van der Waals surface area contributed by atoms with E-state index in [1.165, 1.54) is 0 Å². The zero-order valence-corrected chi connectivity index (χ0v) is 24.2. The van der Waals surface area contributed by atoms with E-state index in [1.54, 1.807) is 35.0 Å². The van der Waals surface area contributed by atoms with Crippen LogP contribution in [-0.4, -0.2) is 97.2 Å². The fourth-order valence-corrected chi connectivity index (χ4v) is 4.60. The molecule has 3 atom stereocenters. The number of fused-ring (bicyclic) bond motifs is 1. The molecule has 0 saturated carbocycles. The van der Waals surface area contributed by atoms with E-state index in [1.807, 2.05) is 63.2 Å². The monoisotopic (exact) mass is 553 g/mol. The van der Waals surface area contributed by atoms with Gasteiger partial charge in [0.2, 0.25) is 11.8 Å². The van der Waals surface area contributed by atoms with Crippen LogP contribution >= 0.6 is 0 Å². The molecule has 0 aromatic heterocycles. The van der Waals surface area contributed by atoms with Crippen molar-refractivity contribution in [1.82, 2.24) is 14.7 Å². The molecule has 0 bridgehead atoms. The van der Waals surface area contributed by atoms with E-state index in [2.05, 4.69) is 10.6 Å². The third kappa shape index (κ3) is 8.96. The molecule has 0 spiro atoms. The number of aliphatic hydroxyl groups is 1. The van der Waals surface area contributed by atoms with Crippen LogP contribution in [0.25, 0.3) is 0 Å². The van der Waals surface area contributed by atoms with Gasteiger partial charge < -0.3 is 35.2 Å². The Hall–Kier alpha value is -3.63. The smallest absolute Gasteiger partial charge is 0.321 e. The first-order valence-corrected chi connectivity index (χ1v) is 13.8. The van der Waals surface area contributed by atoms with E-state index < -0.39 is 6.10 Å². The maximum atomic E-state index is 13.4. The van der Waals surface area contributed by atoms with Crippen LogP contribution in [0, 0.1) is 5.92 Å². The first-order valence-electron chi connectivity index (χ1n) is 13.8. The van der Waals surface area contributed by atoms with E-state index in [0.717, 1.165) is 13.0 Å². The molecule has 10 heteroatoms. The van der Waals surface area contributed by atoms with Gasteiger partial charge in [-0.3, -0.25) is 9.59 Å². The highest BCUT2D eigenvalue weighted by molar-refractivity contribution is 5.91. The number of urea groups is 1. The van der Waals surface area contributed by atoms with Gasteiger partial charge in [0.05, 0.1) is 25.6 Å². The Kier molecular flexibility index (Phi) is 11.3. The number of likely N-dealkylation sites (N-methyl/N-ethyl adjacent to an activating group) is 1. The Bertz CT molecular complexity index is 1140. The van der Waals surface area contributed by atoms with Gasteiger partial charge in [0.1, 0.15) is 11.9 Å². The van der Waals surface area contributed by atoms with Crippen molar-refractivity contribution in [3.8, 4) is 5.75 Å². The summed E-state index contributed by atoms with van der Waals surface area (Å²) in [4.78, 5) is 44.1. The summed E-state index contributed by atoms with van der Waals surface area (Å²) < 4.78 is 6.48. The molecule has 218 valence electrons. The minimum atomic E-state index is -0.434. The summed E-state index contributed by atoms with van der Waals surface area (Å²) in [6.07, 6.45) is 0.762. The minimum Gasteiger partial charge on any atom is -0.488 e. The molecule has 4 amide bonds. The standard InChI is InChI=1S/C30H43N5O5/c1-21-18-35(22(2)20-36)29(38)17-23-16-25(31-28(37)12-9-15-33(3)4)13-14-26(23)40-27(21)19-34(5)30(39)32-24-10-7-6-8-11-24/h6-8,10-11,13-14,16,21-22,27,36H,9,12,15,17-20H2,1-5H3,(H,31,37)(H,32,39)/t21-,22+,27+/m1/s1. The topological polar surface area (TPSA) is 114 Å². The normalized spacial score (nSPS) is 18.1. The van der Waals surface area contributed by atoms with Crippen LogP contribution in [0.1, 0.15) is 32.3 Å². The molecule has 0 aliphatic carbocycles. The highest BCUT2D eigenvalue weighted by Crippen LogP contribution is 2.29. The molecule has 3 rings (SSSR count). The number of para-hydroxylation sites is 1. The van der Waals surface area contributed by atoms with Gasteiger partial charge in [-0.2, -0.15) is 0 Å². The molecule has 1 aliphatic heterocycles. The zero-order chi connectivity index (χ0) is 29.2. The van der Waals surface area contributed by atoms with Crippen LogP contribution < -0.4 is 15.4 Å². The van der Waals surface area contributed by atoms with E-state index >= 15 is 0 Å². The van der Waals surface area contributed by atoms with Gasteiger partial charge in [0, 0.05) is 42.9 Å². The number of ether oxygens (including phenoxy) is 1. The molecule has 1 aliphatic rings. The Balaban J connectivity index is 1.82. The molecule has 0 fully saturated rings. The molecule has 0 saturated heterocycles. The van der Waals surface area contributed by atoms with E-state index in [-0.39, 0.29) is 49.4 Å². The maximum Gasteiger partial charge on any atom is 0.321 e. The molecule has 3 N–H and O–H groups in total. The lowest BCUT2D eigenvalue weighted by Crippen LogP contribution is -2.48. The van der Waals surface area contributed by atoms with Gasteiger partial charge in [-0.15, -0.1) is 0 Å². The largest absolute Gasteiger partial charge is 0.488 e. The summed E-state index contributed by atoms with van der Waals surface area (Å²) in [6, 6.07) is 13.9. The highest BCUT2D eigenvalue weighted by atomic mass is 16.5. The molecule has 10 nitrogen and oxygen atoms in total. The zero-order valence-electron chi connectivity index (χ0n) is 24.2. The number of nitrogens with zero attached hydrogens (tertiary/aromatic N) is 3. The van der Waals surface area contributed by atoms with Crippen molar-refractivity contribution in [1.29, 1.82) is 0 Å². The molecule has 0 unspecified atom stereocenters. The lowest BCUT2D eigenvalue weighted by molar-refractivity contribution is -0.134. The molecule has 2 aromatic carbocycles. The van der Waals surface area contributed by atoms with Crippen LogP contribution in [0.3, 0.4) is 0 Å². The van der Waals surface area contributed by atoms with Crippen molar-refractivity contribution in [2.75, 3.05) is 58.0 Å². The van der Waals surface area contributed by atoms with E-state index in [9.17, 15) is 19.5 Å². The SMILES string of the molecule is C[C@@H]1CN([C@@H](C)CO)C(=O)Cc2cc(NC(=O)CCCN(C)C)ccc2O[C@H]1CN(C)C(=O)Nc1ccccc1. The van der Waals surface area contributed by atoms with Gasteiger partial charge in [0.15, 0.2) is 0 Å². The summed E-state index contributed by atoms with van der Waals surface area (Å²) in [5, 5.41) is 15.7. The van der Waals surface area contributed by atoms with Gasteiger partial charge in [0.25, 0.3) is 0 Å². The number of aliphatic hydroxyl groups excluding tert-OH is 1. The van der Waals surface area contributed by atoms with Gasteiger partial charge in [-0.05, 0) is 64.3 Å². The first-order chi connectivity index (χ1) is 19.1. The number of rotatable bonds is 10. The van der Waals surface area contributed by atoms with Crippen LogP contribution in [0.5, 0.6) is 5.75 Å². The van der Waals surface area contributed by atoms with Crippen molar-refractivity contribution in [2.24, 2.45) is 5.92 Å². The van der Waals surface area contributed by atoms with Crippen molar-refractivity contribution < 1.29 is 24.2 Å². The summed E-state index contributed by atoms with van der Waals surface area (Å²) in [6.45, 7) is 5.08. The predicted octanol–water partition coefficient (Wildman–Crippen LogP) is 3.28. The number of carbonyl (C=O) groups excluding carboxylic acids is 3. The van der Waals surface area contributed by atoms with Gasteiger partial charge in [-0.25, -0.2) is 4.79 Å². The second kappa shape index (κ2) is 14.7. The molecule has 40 heavy (non-hydrogen) atoms. The predicted molar refractivity (Wildman–Crippen MR) is 156 cm³/mol. The number of carbonyl (C=O) groups is 3. The van der Waals surface area contributed by atoms with E-state index in [4.69, 9.17) is 4.74 Å². The second-order valence-electron chi connectivity index (χ2n) is 10.8. The Labute approximate surface area is 237 Å². The summed E-state index contributed by atoms with van der Waals surface area (Å²) in [7, 11) is 5.64. The minimum absolute atomic E-state index is 0.0633. The maximum absolute atomic E-state index is 13.4. The Morgan fingerprint density at radius 2 is 1.82 bits per heavy atom. The molecular formula is C30H43N5O5. The Morgan fingerprint density at radius 3 is 2.50 bits per heavy atom. The number of hydrogen-bond acceptors (Lipinski definition) is 6. The number of nitrogens with one attached hydrogen (secondary N) is 2. The van der Waals surface area contributed by atoms with Gasteiger partial charge in [-0.1, -0.05) is 25.1 Å². The number of anilines is 2. The summed E-state index contributed by atoms with van der Waals surface area (Å²) in [5.41, 5.74) is 1.93. The number of benzene rings is 2. The lowest BCUT2D eigenvalue weighted by Gasteiger charge is -2.34. The number of amides is 4. The number of hydrogen-bond donors (Lipinski definition) is 3. The molecule has 0 radical (unpaired) electrons. The summed E-state index contributed by atoms with van der Waals surface area (Å²) in [5.74, 6) is 0.159. The fraction of sp³-hybridized carbons (Fsp3) is 0.500. The molecule has 2 aromatic rings. The van der Waals surface area contributed by atoms with Crippen LogP contribution in [-0.2, 0) is 16.0 Å². The Morgan fingerprint density at radius 1 is 1.10 bits per heavy atom. The summed E-state index contributed by atoms with van der Waals surface area (Å²) >= 11 is 0. The quantitative estimate of drug-likeness (QED) is 0.416. The molecular weight excluding hydrogens is 510 g/mol. The van der Waals surface area contributed by atoms with Crippen molar-refractivity contribution >= 4 is 29.2 Å².